The summed E-state index contributed by atoms with van der Waals surface area (Å²) in [5.41, 5.74) is 8.97. The second kappa shape index (κ2) is 7.05. The molecule has 0 aliphatic carbocycles. The molecule has 0 aromatic heterocycles. The number of benzene rings is 2. The minimum absolute atomic E-state index is 0.0540. The zero-order chi connectivity index (χ0) is 17.2. The van der Waals surface area contributed by atoms with Gasteiger partial charge in [-0.05, 0) is 36.1 Å². The lowest BCUT2D eigenvalue weighted by molar-refractivity contribution is 0.458. The Bertz CT molecular complexity index is 790. The molecular weight excluding hydrogens is 320 g/mol. The van der Waals surface area contributed by atoms with Crippen LogP contribution in [0.1, 0.15) is 22.6 Å². The van der Waals surface area contributed by atoms with Crippen molar-refractivity contribution in [2.24, 2.45) is 11.7 Å². The standard InChI is InChI=1S/C19H24N2O2S/c1-15-7-5-6-10-17(15)14-24(22,23)21-12-18(11-20)19(13-21)16-8-3-2-4-9-16/h2-10,18-19H,11-14,20H2,1H3/t18-,19+/m1/s1. The van der Waals surface area contributed by atoms with Crippen LogP contribution in [0.25, 0.3) is 0 Å². The van der Waals surface area contributed by atoms with Gasteiger partial charge in [0, 0.05) is 19.0 Å². The molecule has 0 amide bonds. The summed E-state index contributed by atoms with van der Waals surface area (Å²) in [5.74, 6) is 0.389. The van der Waals surface area contributed by atoms with Crippen molar-refractivity contribution in [3.63, 3.8) is 0 Å². The molecule has 2 aromatic carbocycles. The molecule has 24 heavy (non-hydrogen) atoms. The van der Waals surface area contributed by atoms with Crippen LogP contribution in [0.2, 0.25) is 0 Å². The van der Waals surface area contributed by atoms with Gasteiger partial charge >= 0.3 is 0 Å². The number of sulfonamides is 1. The number of rotatable bonds is 5. The minimum Gasteiger partial charge on any atom is -0.330 e. The van der Waals surface area contributed by atoms with Gasteiger partial charge in [-0.25, -0.2) is 12.7 Å². The van der Waals surface area contributed by atoms with Crippen LogP contribution in [0.3, 0.4) is 0 Å². The maximum atomic E-state index is 12.9. The van der Waals surface area contributed by atoms with E-state index < -0.39 is 10.0 Å². The van der Waals surface area contributed by atoms with Crippen molar-refractivity contribution < 1.29 is 8.42 Å². The average Bonchev–Trinajstić information content (AvgIpc) is 3.03. The van der Waals surface area contributed by atoms with E-state index in [-0.39, 0.29) is 17.6 Å². The quantitative estimate of drug-likeness (QED) is 0.906. The summed E-state index contributed by atoms with van der Waals surface area (Å²) in [6.07, 6.45) is 0. The highest BCUT2D eigenvalue weighted by atomic mass is 32.2. The third kappa shape index (κ3) is 3.53. The number of hydrogen-bond donors (Lipinski definition) is 1. The van der Waals surface area contributed by atoms with Gasteiger partial charge < -0.3 is 5.73 Å². The van der Waals surface area contributed by atoms with E-state index in [9.17, 15) is 8.42 Å². The lowest BCUT2D eigenvalue weighted by Crippen LogP contribution is -2.31. The van der Waals surface area contributed by atoms with Crippen LogP contribution < -0.4 is 5.73 Å². The summed E-state index contributed by atoms with van der Waals surface area (Å²) in [6.45, 7) is 3.46. The molecule has 5 heteroatoms. The Morgan fingerprint density at radius 3 is 2.38 bits per heavy atom. The lowest BCUT2D eigenvalue weighted by atomic mass is 9.89. The van der Waals surface area contributed by atoms with Gasteiger partial charge in [0.05, 0.1) is 5.75 Å². The Kier molecular flexibility index (Phi) is 5.04. The van der Waals surface area contributed by atoms with Crippen LogP contribution in [0.15, 0.2) is 54.6 Å². The fourth-order valence-electron chi connectivity index (χ4n) is 3.44. The minimum atomic E-state index is -3.34. The summed E-state index contributed by atoms with van der Waals surface area (Å²) in [6, 6.07) is 17.7. The van der Waals surface area contributed by atoms with Gasteiger partial charge in [-0.15, -0.1) is 0 Å². The van der Waals surface area contributed by atoms with Crippen LogP contribution in [0, 0.1) is 12.8 Å². The maximum absolute atomic E-state index is 12.9. The van der Waals surface area contributed by atoms with E-state index in [1.54, 1.807) is 4.31 Å². The zero-order valence-corrected chi connectivity index (χ0v) is 14.7. The first-order chi connectivity index (χ1) is 11.5. The summed E-state index contributed by atoms with van der Waals surface area (Å²) < 4.78 is 27.4. The summed E-state index contributed by atoms with van der Waals surface area (Å²) in [5, 5.41) is 0. The molecule has 128 valence electrons. The molecule has 2 N–H and O–H groups in total. The number of nitrogens with two attached hydrogens (primary N) is 1. The van der Waals surface area contributed by atoms with Gasteiger partial charge in [-0.2, -0.15) is 0 Å². The molecule has 1 saturated heterocycles. The van der Waals surface area contributed by atoms with Crippen molar-refractivity contribution >= 4 is 10.0 Å². The molecule has 1 heterocycles. The molecule has 0 spiro atoms. The molecular formula is C19H24N2O2S. The molecule has 0 bridgehead atoms. The van der Waals surface area contributed by atoms with Gasteiger partial charge in [0.25, 0.3) is 0 Å². The van der Waals surface area contributed by atoms with E-state index in [2.05, 4.69) is 12.1 Å². The van der Waals surface area contributed by atoms with Gasteiger partial charge in [0.2, 0.25) is 10.0 Å². The SMILES string of the molecule is Cc1ccccc1CS(=O)(=O)N1C[C@@H](CN)[C@H](c2ccccc2)C1. The predicted molar refractivity (Wildman–Crippen MR) is 97.1 cm³/mol. The molecule has 2 aromatic rings. The fourth-order valence-corrected chi connectivity index (χ4v) is 5.14. The Hall–Kier alpha value is -1.69. The Balaban J connectivity index is 1.81. The van der Waals surface area contributed by atoms with Crippen molar-refractivity contribution in [2.45, 2.75) is 18.6 Å². The van der Waals surface area contributed by atoms with E-state index >= 15 is 0 Å². The molecule has 2 atom stereocenters. The van der Waals surface area contributed by atoms with Crippen LogP contribution in [-0.4, -0.2) is 32.4 Å². The van der Waals surface area contributed by atoms with E-state index in [1.165, 1.54) is 5.56 Å². The van der Waals surface area contributed by atoms with Crippen molar-refractivity contribution in [3.05, 3.63) is 71.3 Å². The van der Waals surface area contributed by atoms with E-state index in [0.717, 1.165) is 11.1 Å². The second-order valence-corrected chi connectivity index (χ2v) is 8.48. The highest BCUT2D eigenvalue weighted by Gasteiger charge is 2.38. The zero-order valence-electron chi connectivity index (χ0n) is 13.9. The molecule has 3 rings (SSSR count). The molecule has 0 saturated carbocycles. The first-order valence-corrected chi connectivity index (χ1v) is 9.89. The normalized spacial score (nSPS) is 21.9. The molecule has 1 aliphatic rings. The Morgan fingerprint density at radius 1 is 1.04 bits per heavy atom. The molecule has 1 fully saturated rings. The van der Waals surface area contributed by atoms with Crippen molar-refractivity contribution in [1.29, 1.82) is 0 Å². The van der Waals surface area contributed by atoms with E-state index in [1.807, 2.05) is 49.4 Å². The van der Waals surface area contributed by atoms with E-state index in [4.69, 9.17) is 5.73 Å². The fraction of sp³-hybridized carbons (Fsp3) is 0.368. The van der Waals surface area contributed by atoms with Gasteiger partial charge in [-0.3, -0.25) is 0 Å². The highest BCUT2D eigenvalue weighted by molar-refractivity contribution is 7.88. The van der Waals surface area contributed by atoms with Crippen LogP contribution in [0.5, 0.6) is 0 Å². The first-order valence-electron chi connectivity index (χ1n) is 8.28. The Labute approximate surface area is 144 Å². The average molecular weight is 344 g/mol. The predicted octanol–water partition coefficient (Wildman–Crippen LogP) is 2.50. The van der Waals surface area contributed by atoms with Crippen molar-refractivity contribution in [1.82, 2.24) is 4.31 Å². The second-order valence-electron chi connectivity index (χ2n) is 6.51. The van der Waals surface area contributed by atoms with Crippen LogP contribution in [0.4, 0.5) is 0 Å². The first kappa shape index (κ1) is 17.1. The number of nitrogens with zero attached hydrogens (tertiary/aromatic N) is 1. The smallest absolute Gasteiger partial charge is 0.218 e. The largest absolute Gasteiger partial charge is 0.330 e. The van der Waals surface area contributed by atoms with Crippen molar-refractivity contribution in [3.8, 4) is 0 Å². The van der Waals surface area contributed by atoms with E-state index in [0.29, 0.717) is 19.6 Å². The highest BCUT2D eigenvalue weighted by Crippen LogP contribution is 2.34. The molecule has 4 nitrogen and oxygen atoms in total. The van der Waals surface area contributed by atoms with Gasteiger partial charge in [0.15, 0.2) is 0 Å². The third-order valence-electron chi connectivity index (χ3n) is 4.93. The molecule has 1 aliphatic heterocycles. The molecule has 0 radical (unpaired) electrons. The number of hydrogen-bond acceptors (Lipinski definition) is 3. The van der Waals surface area contributed by atoms with Crippen LogP contribution >= 0.6 is 0 Å². The summed E-state index contributed by atoms with van der Waals surface area (Å²) >= 11 is 0. The van der Waals surface area contributed by atoms with Crippen LogP contribution in [-0.2, 0) is 15.8 Å². The molecule has 0 unspecified atom stereocenters. The van der Waals surface area contributed by atoms with Gasteiger partial charge in [0.1, 0.15) is 0 Å². The summed E-state index contributed by atoms with van der Waals surface area (Å²) in [4.78, 5) is 0. The van der Waals surface area contributed by atoms with Gasteiger partial charge in [-0.1, -0.05) is 54.6 Å². The third-order valence-corrected chi connectivity index (χ3v) is 6.69. The lowest BCUT2D eigenvalue weighted by Gasteiger charge is -2.17. The summed E-state index contributed by atoms with van der Waals surface area (Å²) in [7, 11) is -3.34. The monoisotopic (exact) mass is 344 g/mol. The Morgan fingerprint density at radius 2 is 1.71 bits per heavy atom. The maximum Gasteiger partial charge on any atom is 0.218 e. The number of aryl methyl sites for hydroxylation is 1. The van der Waals surface area contributed by atoms with Crippen molar-refractivity contribution in [2.75, 3.05) is 19.6 Å². The topological polar surface area (TPSA) is 63.4 Å².